The van der Waals surface area contributed by atoms with Crippen molar-refractivity contribution in [2.45, 2.75) is 67.8 Å². The molecule has 4 aliphatic rings. The molecule has 0 aliphatic carbocycles. The molecule has 6 rings (SSSR count). The molecule has 0 saturated carbocycles. The van der Waals surface area contributed by atoms with E-state index in [9.17, 15) is 5.11 Å². The number of pyridine rings is 1. The first-order valence-electron chi connectivity index (χ1n) is 13.7. The fourth-order valence-electron chi connectivity index (χ4n) is 6.43. The maximum absolute atomic E-state index is 10.2. The molecule has 4 atom stereocenters. The minimum atomic E-state index is -0.167. The second-order valence-electron chi connectivity index (χ2n) is 11.0. The zero-order chi connectivity index (χ0) is 26.3. The highest BCUT2D eigenvalue weighted by molar-refractivity contribution is 7.99. The van der Waals surface area contributed by atoms with Gasteiger partial charge in [0.05, 0.1) is 43.1 Å². The largest absolute Gasteiger partial charge is 0.486 e. The average Bonchev–Trinajstić information content (AvgIpc) is 3.49. The van der Waals surface area contributed by atoms with Gasteiger partial charge in [-0.15, -0.1) is 0 Å². The third-order valence-electron chi connectivity index (χ3n) is 8.67. The van der Waals surface area contributed by atoms with Crippen LogP contribution in [0.2, 0.25) is 0 Å². The number of anilines is 2. The quantitative estimate of drug-likeness (QED) is 0.537. The van der Waals surface area contributed by atoms with Gasteiger partial charge in [-0.05, 0) is 39.2 Å². The zero-order valence-electron chi connectivity index (χ0n) is 22.2. The van der Waals surface area contributed by atoms with E-state index in [0.717, 1.165) is 86.0 Å². The Labute approximate surface area is 228 Å². The second kappa shape index (κ2) is 10.8. The predicted octanol–water partition coefficient (Wildman–Crippen LogP) is 2.47. The molecular weight excluding hydrogens is 504 g/mol. The van der Waals surface area contributed by atoms with Crippen molar-refractivity contribution in [2.24, 2.45) is 17.1 Å². The summed E-state index contributed by atoms with van der Waals surface area (Å²) in [6, 6.07) is 2.36. The van der Waals surface area contributed by atoms with Crippen molar-refractivity contribution in [3.8, 4) is 5.75 Å². The van der Waals surface area contributed by atoms with E-state index in [1.165, 1.54) is 11.8 Å². The van der Waals surface area contributed by atoms with Crippen LogP contribution in [0, 0.1) is 11.3 Å². The van der Waals surface area contributed by atoms with Crippen LogP contribution in [-0.2, 0) is 16.1 Å². The van der Waals surface area contributed by atoms with Gasteiger partial charge in [0.2, 0.25) is 0 Å². The Morgan fingerprint density at radius 1 is 1.26 bits per heavy atom. The van der Waals surface area contributed by atoms with Gasteiger partial charge >= 0.3 is 0 Å². The lowest BCUT2D eigenvalue weighted by atomic mass is 9.73. The number of nitrogens with two attached hydrogens (primary N) is 1. The minimum Gasteiger partial charge on any atom is -0.486 e. The van der Waals surface area contributed by atoms with Crippen LogP contribution < -0.4 is 20.3 Å². The van der Waals surface area contributed by atoms with Gasteiger partial charge in [0, 0.05) is 49.8 Å². The number of aliphatic hydroxyl groups excluding tert-OH is 1. The highest BCUT2D eigenvalue weighted by Crippen LogP contribution is 2.45. The van der Waals surface area contributed by atoms with Gasteiger partial charge in [-0.25, -0.2) is 15.0 Å². The molecule has 6 heterocycles. The molecule has 2 aromatic heterocycles. The molecule has 4 aliphatic heterocycles. The van der Waals surface area contributed by atoms with Crippen LogP contribution in [0.4, 0.5) is 11.6 Å². The molecular formula is C27H38N6O4S. The fourth-order valence-corrected chi connectivity index (χ4v) is 7.29. The number of hydrogen-bond acceptors (Lipinski definition) is 11. The second-order valence-corrected chi connectivity index (χ2v) is 12.0. The van der Waals surface area contributed by atoms with Crippen LogP contribution in [0.1, 0.15) is 38.8 Å². The van der Waals surface area contributed by atoms with E-state index >= 15 is 0 Å². The number of ether oxygens (including phenoxy) is 3. The summed E-state index contributed by atoms with van der Waals surface area (Å²) >= 11 is 1.50. The maximum atomic E-state index is 10.2. The Balaban J connectivity index is 1.16. The summed E-state index contributed by atoms with van der Waals surface area (Å²) in [4.78, 5) is 19.8. The molecule has 1 spiro atoms. The highest BCUT2D eigenvalue weighted by Gasteiger charge is 2.48. The van der Waals surface area contributed by atoms with E-state index < -0.39 is 0 Å². The standard InChI is InChI=1S/C27H38N6O4S/c1-3-35-14-18-10-19-15-36-23-21(4-7-29-26(23)33(19)12-18)38-22-11-30-25(20(13-34)31-22)32-8-5-27(6-9-32)16-37-17(2)24(27)28/h4,7,11,17-19,24,34H,3,5-6,8-10,12-16,28H2,1-2H3/t17-,18+,19-,24+/m0/s1. The van der Waals surface area contributed by atoms with E-state index in [1.54, 1.807) is 6.20 Å². The van der Waals surface area contributed by atoms with Crippen LogP contribution in [0.3, 0.4) is 0 Å². The molecule has 11 heteroatoms. The SMILES string of the molecule is CCOC[C@@H]1C[C@H]2COc3c(Sc4cnc(N5CCC6(CC5)CO[C@@H](C)[C@H]6N)c(CO)n4)ccnc3N2C1. The molecule has 10 nitrogen and oxygen atoms in total. The minimum absolute atomic E-state index is 0.0380. The number of hydrogen-bond donors (Lipinski definition) is 2. The molecule has 0 bridgehead atoms. The summed E-state index contributed by atoms with van der Waals surface area (Å²) < 4.78 is 17.8. The molecule has 3 N–H and O–H groups in total. The maximum Gasteiger partial charge on any atom is 0.175 e. The number of fused-ring (bicyclic) bond motifs is 3. The van der Waals surface area contributed by atoms with Gasteiger partial charge in [0.1, 0.15) is 17.3 Å². The number of nitrogens with zero attached hydrogens (tertiary/aromatic N) is 5. The first-order chi connectivity index (χ1) is 18.5. The van der Waals surface area contributed by atoms with Crippen molar-refractivity contribution in [1.82, 2.24) is 15.0 Å². The third kappa shape index (κ3) is 4.72. The monoisotopic (exact) mass is 542 g/mol. The van der Waals surface area contributed by atoms with Crippen LogP contribution in [0.15, 0.2) is 28.4 Å². The van der Waals surface area contributed by atoms with E-state index in [4.69, 9.17) is 29.9 Å². The molecule has 0 radical (unpaired) electrons. The third-order valence-corrected chi connectivity index (χ3v) is 9.62. The molecule has 206 valence electrons. The van der Waals surface area contributed by atoms with Crippen LogP contribution in [-0.4, -0.2) is 84.3 Å². The van der Waals surface area contributed by atoms with E-state index in [2.05, 4.69) is 21.7 Å². The summed E-state index contributed by atoms with van der Waals surface area (Å²) in [7, 11) is 0. The lowest BCUT2D eigenvalue weighted by molar-refractivity contribution is 0.0973. The lowest BCUT2D eigenvalue weighted by Crippen LogP contribution is -2.51. The van der Waals surface area contributed by atoms with Gasteiger partial charge in [-0.1, -0.05) is 11.8 Å². The van der Waals surface area contributed by atoms with E-state index in [0.29, 0.717) is 24.3 Å². The molecule has 0 amide bonds. The van der Waals surface area contributed by atoms with Crippen molar-refractivity contribution in [3.63, 3.8) is 0 Å². The van der Waals surface area contributed by atoms with Gasteiger partial charge in [-0.2, -0.15) is 0 Å². The number of aliphatic hydroxyl groups is 1. The number of aromatic nitrogens is 3. The van der Waals surface area contributed by atoms with Gasteiger partial charge in [-0.3, -0.25) is 0 Å². The fraction of sp³-hybridized carbons (Fsp3) is 0.667. The Morgan fingerprint density at radius 3 is 2.84 bits per heavy atom. The van der Waals surface area contributed by atoms with E-state index in [1.807, 2.05) is 19.2 Å². The van der Waals surface area contributed by atoms with Gasteiger partial charge in [0.15, 0.2) is 17.4 Å². The van der Waals surface area contributed by atoms with E-state index in [-0.39, 0.29) is 24.2 Å². The van der Waals surface area contributed by atoms with Crippen molar-refractivity contribution in [2.75, 3.05) is 55.9 Å². The summed E-state index contributed by atoms with van der Waals surface area (Å²) in [6.07, 6.45) is 6.68. The Bertz CT molecular complexity index is 1150. The summed E-state index contributed by atoms with van der Waals surface area (Å²) in [5.74, 6) is 2.93. The van der Waals surface area contributed by atoms with Crippen LogP contribution >= 0.6 is 11.8 Å². The molecule has 0 aromatic carbocycles. The van der Waals surface area contributed by atoms with Crippen molar-refractivity contribution in [3.05, 3.63) is 24.2 Å². The molecule has 2 aromatic rings. The van der Waals surface area contributed by atoms with Gasteiger partial charge < -0.3 is 34.9 Å². The summed E-state index contributed by atoms with van der Waals surface area (Å²) in [5.41, 5.74) is 7.12. The Morgan fingerprint density at radius 2 is 2.11 bits per heavy atom. The summed E-state index contributed by atoms with van der Waals surface area (Å²) in [6.45, 7) is 9.39. The number of piperidine rings is 1. The average molecular weight is 543 g/mol. The topological polar surface area (TPSA) is 119 Å². The Kier molecular flexibility index (Phi) is 7.38. The molecule has 3 fully saturated rings. The smallest absolute Gasteiger partial charge is 0.175 e. The lowest BCUT2D eigenvalue weighted by Gasteiger charge is -2.41. The van der Waals surface area contributed by atoms with Gasteiger partial charge in [0.25, 0.3) is 0 Å². The van der Waals surface area contributed by atoms with Crippen molar-refractivity contribution in [1.29, 1.82) is 0 Å². The predicted molar refractivity (Wildman–Crippen MR) is 145 cm³/mol. The summed E-state index contributed by atoms with van der Waals surface area (Å²) in [5, 5.41) is 10.9. The first-order valence-corrected chi connectivity index (χ1v) is 14.6. The first kappa shape index (κ1) is 26.1. The van der Waals surface area contributed by atoms with Crippen LogP contribution in [0.25, 0.3) is 0 Å². The normalized spacial score (nSPS) is 27.9. The highest BCUT2D eigenvalue weighted by atomic mass is 32.2. The molecule has 38 heavy (non-hydrogen) atoms. The zero-order valence-corrected chi connectivity index (χ0v) is 23.0. The van der Waals surface area contributed by atoms with Crippen molar-refractivity contribution < 1.29 is 19.3 Å². The van der Waals surface area contributed by atoms with Crippen LogP contribution in [0.5, 0.6) is 5.75 Å². The molecule has 0 unspecified atom stereocenters. The van der Waals surface area contributed by atoms with Crippen molar-refractivity contribution >= 4 is 23.4 Å². The number of rotatable bonds is 7. The molecule has 3 saturated heterocycles. The Hall–Kier alpha value is -2.18.